The second kappa shape index (κ2) is 5.33. The first-order valence-corrected chi connectivity index (χ1v) is 7.52. The lowest BCUT2D eigenvalue weighted by Gasteiger charge is -2.24. The van der Waals surface area contributed by atoms with Crippen molar-refractivity contribution in [3.63, 3.8) is 0 Å². The number of nitrogens with one attached hydrogen (secondary N) is 2. The normalized spacial score (nSPS) is 18.0. The van der Waals surface area contributed by atoms with E-state index in [4.69, 9.17) is 0 Å². The van der Waals surface area contributed by atoms with Crippen LogP contribution in [0.5, 0.6) is 0 Å². The molecule has 1 unspecified atom stereocenters. The number of H-pyrrole nitrogens is 1. The molecule has 0 saturated carbocycles. The van der Waals surface area contributed by atoms with Crippen LogP contribution in [0.3, 0.4) is 0 Å². The Bertz CT molecular complexity index is 742. The highest BCUT2D eigenvalue weighted by molar-refractivity contribution is 5.81. The van der Waals surface area contributed by atoms with Gasteiger partial charge in [-0.05, 0) is 24.4 Å². The number of aromatic amines is 1. The highest BCUT2D eigenvalue weighted by atomic mass is 15.1. The Morgan fingerprint density at radius 3 is 3.38 bits per heavy atom. The summed E-state index contributed by atoms with van der Waals surface area (Å²) in [5.41, 5.74) is 2.43. The number of nitrogens with zero attached hydrogens (tertiary/aromatic N) is 3. The van der Waals surface area contributed by atoms with Crippen LogP contribution in [0.25, 0.3) is 10.9 Å². The molecule has 1 aliphatic rings. The maximum atomic E-state index is 4.38. The van der Waals surface area contributed by atoms with Gasteiger partial charge in [-0.15, -0.1) is 0 Å². The number of fused-ring (bicyclic) bond motifs is 2. The van der Waals surface area contributed by atoms with Gasteiger partial charge in [0.25, 0.3) is 0 Å². The highest BCUT2D eigenvalue weighted by Crippen LogP contribution is 2.19. The van der Waals surface area contributed by atoms with Gasteiger partial charge in [-0.25, -0.2) is 4.98 Å². The van der Waals surface area contributed by atoms with E-state index in [-0.39, 0.29) is 0 Å². The van der Waals surface area contributed by atoms with E-state index in [1.165, 1.54) is 23.2 Å². The topological polar surface area (TPSA) is 58.5 Å². The molecule has 5 heteroatoms. The van der Waals surface area contributed by atoms with Crippen molar-refractivity contribution in [1.82, 2.24) is 25.1 Å². The first-order chi connectivity index (χ1) is 10.4. The SMILES string of the molecule is c1cc(CNCC2CCc3nccn3C2)c2[nH]ncc2c1. The van der Waals surface area contributed by atoms with E-state index in [1.54, 1.807) is 0 Å². The van der Waals surface area contributed by atoms with Gasteiger partial charge in [-0.2, -0.15) is 5.10 Å². The summed E-state index contributed by atoms with van der Waals surface area (Å²) in [4.78, 5) is 4.38. The number of hydrogen-bond acceptors (Lipinski definition) is 3. The van der Waals surface area contributed by atoms with Gasteiger partial charge in [-0.3, -0.25) is 5.10 Å². The zero-order valence-electron chi connectivity index (χ0n) is 11.9. The fraction of sp³-hybridized carbons (Fsp3) is 0.375. The van der Waals surface area contributed by atoms with Crippen molar-refractivity contribution in [2.45, 2.75) is 25.9 Å². The summed E-state index contributed by atoms with van der Waals surface area (Å²) in [5.74, 6) is 1.92. The number of hydrogen-bond donors (Lipinski definition) is 2. The molecular weight excluding hydrogens is 262 g/mol. The van der Waals surface area contributed by atoms with Gasteiger partial charge < -0.3 is 9.88 Å². The molecule has 108 valence electrons. The van der Waals surface area contributed by atoms with Gasteiger partial charge in [0, 0.05) is 37.3 Å². The van der Waals surface area contributed by atoms with Crippen LogP contribution in [0.2, 0.25) is 0 Å². The number of para-hydroxylation sites is 1. The van der Waals surface area contributed by atoms with Crippen LogP contribution in [0.1, 0.15) is 17.8 Å². The molecular formula is C16H19N5. The molecule has 0 fully saturated rings. The van der Waals surface area contributed by atoms with Crippen molar-refractivity contribution in [1.29, 1.82) is 0 Å². The lowest BCUT2D eigenvalue weighted by molar-refractivity contribution is 0.347. The minimum Gasteiger partial charge on any atom is -0.335 e. The van der Waals surface area contributed by atoms with Crippen LogP contribution in [0.4, 0.5) is 0 Å². The van der Waals surface area contributed by atoms with Crippen molar-refractivity contribution in [2.24, 2.45) is 5.92 Å². The Morgan fingerprint density at radius 1 is 1.38 bits per heavy atom. The van der Waals surface area contributed by atoms with Gasteiger partial charge >= 0.3 is 0 Å². The first kappa shape index (κ1) is 12.6. The second-order valence-electron chi connectivity index (χ2n) is 5.78. The van der Waals surface area contributed by atoms with E-state index in [9.17, 15) is 0 Å². The fourth-order valence-corrected chi connectivity index (χ4v) is 3.19. The monoisotopic (exact) mass is 281 g/mol. The van der Waals surface area contributed by atoms with Gasteiger partial charge in [0.2, 0.25) is 0 Å². The van der Waals surface area contributed by atoms with Crippen molar-refractivity contribution in [3.8, 4) is 0 Å². The third-order valence-corrected chi connectivity index (χ3v) is 4.34. The molecule has 1 atom stereocenters. The quantitative estimate of drug-likeness (QED) is 0.770. The Kier molecular flexibility index (Phi) is 3.20. The standard InChI is InChI=1S/C16H19N5/c1-2-13(16-14(3-1)10-19-20-16)9-17-8-12-4-5-15-18-6-7-21(15)11-12/h1-3,6-7,10,12,17H,4-5,8-9,11H2,(H,19,20). The summed E-state index contributed by atoms with van der Waals surface area (Å²) in [5, 5.41) is 12.0. The molecule has 2 N–H and O–H groups in total. The van der Waals surface area contributed by atoms with Gasteiger partial charge in [0.15, 0.2) is 0 Å². The van der Waals surface area contributed by atoms with Crippen molar-refractivity contribution < 1.29 is 0 Å². The molecule has 3 heterocycles. The smallest absolute Gasteiger partial charge is 0.108 e. The number of aromatic nitrogens is 4. The van der Waals surface area contributed by atoms with Gasteiger partial charge in [-0.1, -0.05) is 18.2 Å². The Hall–Kier alpha value is -2.14. The predicted octanol–water partition coefficient (Wildman–Crippen LogP) is 2.11. The maximum Gasteiger partial charge on any atom is 0.108 e. The van der Waals surface area contributed by atoms with E-state index < -0.39 is 0 Å². The number of rotatable bonds is 4. The van der Waals surface area contributed by atoms with Crippen LogP contribution in [-0.4, -0.2) is 26.3 Å². The Morgan fingerprint density at radius 2 is 2.38 bits per heavy atom. The largest absolute Gasteiger partial charge is 0.335 e. The summed E-state index contributed by atoms with van der Waals surface area (Å²) in [6.45, 7) is 3.01. The molecule has 1 aromatic carbocycles. The third kappa shape index (κ3) is 2.45. The minimum atomic E-state index is 0.688. The van der Waals surface area contributed by atoms with Crippen LogP contribution in [-0.2, 0) is 19.5 Å². The average molecular weight is 281 g/mol. The fourth-order valence-electron chi connectivity index (χ4n) is 3.19. The Balaban J connectivity index is 1.37. The molecule has 2 aromatic heterocycles. The van der Waals surface area contributed by atoms with Crippen LogP contribution in [0, 0.1) is 5.92 Å². The van der Waals surface area contributed by atoms with E-state index in [2.05, 4.69) is 49.5 Å². The summed E-state index contributed by atoms with van der Waals surface area (Å²) < 4.78 is 2.28. The molecule has 21 heavy (non-hydrogen) atoms. The lowest BCUT2D eigenvalue weighted by atomic mass is 9.99. The molecule has 5 nitrogen and oxygen atoms in total. The van der Waals surface area contributed by atoms with Crippen molar-refractivity contribution in [2.75, 3.05) is 6.54 Å². The summed E-state index contributed by atoms with van der Waals surface area (Å²) in [6.07, 6.45) is 8.19. The van der Waals surface area contributed by atoms with E-state index in [1.807, 2.05) is 12.4 Å². The molecule has 3 aromatic rings. The van der Waals surface area contributed by atoms with E-state index >= 15 is 0 Å². The molecule has 1 aliphatic heterocycles. The lowest BCUT2D eigenvalue weighted by Crippen LogP contribution is -2.29. The first-order valence-electron chi connectivity index (χ1n) is 7.52. The van der Waals surface area contributed by atoms with Crippen LogP contribution < -0.4 is 5.32 Å². The number of imidazole rings is 1. The molecule has 0 spiro atoms. The van der Waals surface area contributed by atoms with Crippen LogP contribution in [0.15, 0.2) is 36.8 Å². The second-order valence-corrected chi connectivity index (χ2v) is 5.78. The van der Waals surface area contributed by atoms with Gasteiger partial charge in [0.1, 0.15) is 5.82 Å². The molecule has 0 amide bonds. The van der Waals surface area contributed by atoms with E-state index in [0.717, 1.165) is 31.6 Å². The zero-order valence-corrected chi connectivity index (χ0v) is 11.9. The Labute approximate surface area is 123 Å². The van der Waals surface area contributed by atoms with Crippen molar-refractivity contribution >= 4 is 10.9 Å². The number of aryl methyl sites for hydroxylation is 1. The average Bonchev–Trinajstić information content (AvgIpc) is 3.15. The molecule has 0 bridgehead atoms. The molecule has 0 radical (unpaired) electrons. The van der Waals surface area contributed by atoms with Gasteiger partial charge in [0.05, 0.1) is 11.7 Å². The molecule has 0 saturated heterocycles. The summed E-state index contributed by atoms with van der Waals surface area (Å²) in [6, 6.07) is 6.33. The summed E-state index contributed by atoms with van der Waals surface area (Å²) in [7, 11) is 0. The van der Waals surface area contributed by atoms with E-state index in [0.29, 0.717) is 5.92 Å². The van der Waals surface area contributed by atoms with Crippen LogP contribution >= 0.6 is 0 Å². The maximum absolute atomic E-state index is 4.38. The predicted molar refractivity (Wildman–Crippen MR) is 81.8 cm³/mol. The molecule has 0 aliphatic carbocycles. The summed E-state index contributed by atoms with van der Waals surface area (Å²) >= 11 is 0. The number of benzene rings is 1. The zero-order chi connectivity index (χ0) is 14.1. The molecule has 4 rings (SSSR count). The minimum absolute atomic E-state index is 0.688. The third-order valence-electron chi connectivity index (χ3n) is 4.34. The highest BCUT2D eigenvalue weighted by Gasteiger charge is 2.18. The van der Waals surface area contributed by atoms with Crippen molar-refractivity contribution in [3.05, 3.63) is 48.2 Å².